The molecule has 0 spiro atoms. The molecular formula is C21H10F2S. The van der Waals surface area contributed by atoms with Crippen LogP contribution in [0.2, 0.25) is 0 Å². The second-order valence-corrected chi connectivity index (χ2v) is 7.71. The molecular weight excluding hydrogens is 322 g/mol. The molecule has 0 unspecified atom stereocenters. The van der Waals surface area contributed by atoms with Crippen molar-refractivity contribution in [2.24, 2.45) is 0 Å². The lowest BCUT2D eigenvalue weighted by Crippen LogP contribution is -1.87. The maximum absolute atomic E-state index is 15.0. The van der Waals surface area contributed by atoms with E-state index in [-0.39, 0.29) is 11.6 Å². The van der Waals surface area contributed by atoms with Gasteiger partial charge in [0.1, 0.15) is 11.6 Å². The van der Waals surface area contributed by atoms with Crippen LogP contribution in [0.25, 0.3) is 54.6 Å². The first-order valence-corrected chi connectivity index (χ1v) is 8.66. The number of halogens is 2. The van der Waals surface area contributed by atoms with Crippen LogP contribution in [0.1, 0.15) is 4.88 Å². The average molecular weight is 332 g/mol. The quantitative estimate of drug-likeness (QED) is 0.287. The minimum absolute atomic E-state index is 0.214. The van der Waals surface area contributed by atoms with Gasteiger partial charge in [0.25, 0.3) is 0 Å². The van der Waals surface area contributed by atoms with Crippen molar-refractivity contribution in [1.29, 1.82) is 0 Å². The third kappa shape index (κ3) is 1.27. The largest absolute Gasteiger partial charge is 0.206 e. The highest BCUT2D eigenvalue weighted by molar-refractivity contribution is 7.16. The van der Waals surface area contributed by atoms with Crippen molar-refractivity contribution in [3.63, 3.8) is 0 Å². The van der Waals surface area contributed by atoms with Gasteiger partial charge in [-0.3, -0.25) is 0 Å². The summed E-state index contributed by atoms with van der Waals surface area (Å²) in [7, 11) is 0. The molecule has 0 atom stereocenters. The smallest absolute Gasteiger partial charge is 0.133 e. The first kappa shape index (κ1) is 12.8. The minimum Gasteiger partial charge on any atom is -0.206 e. The van der Waals surface area contributed by atoms with Crippen molar-refractivity contribution in [2.75, 3.05) is 0 Å². The Kier molecular flexibility index (Phi) is 2.10. The maximum atomic E-state index is 15.0. The van der Waals surface area contributed by atoms with Crippen LogP contribution in [0, 0.1) is 18.6 Å². The molecule has 2 aliphatic rings. The van der Waals surface area contributed by atoms with E-state index >= 15 is 8.78 Å². The van der Waals surface area contributed by atoms with Crippen LogP contribution in [0.4, 0.5) is 8.78 Å². The standard InChI is InChI=1S/C21H10F2S/c1-9-6-14-13-8-15(22)17-11-5-3-2-4-10(11)12-7-16(23)20(21(14)24-9)19(13)18(12)17/h2-8H,1H3. The Morgan fingerprint density at radius 1 is 0.708 bits per heavy atom. The van der Waals surface area contributed by atoms with Gasteiger partial charge in [0.05, 0.1) is 0 Å². The first-order chi connectivity index (χ1) is 11.6. The molecule has 0 saturated heterocycles. The third-order valence-corrected chi connectivity index (χ3v) is 6.24. The van der Waals surface area contributed by atoms with Crippen molar-refractivity contribution in [2.45, 2.75) is 6.92 Å². The summed E-state index contributed by atoms with van der Waals surface area (Å²) in [4.78, 5) is 2.05. The van der Waals surface area contributed by atoms with Crippen LogP contribution in [0.15, 0.2) is 42.5 Å². The van der Waals surface area contributed by atoms with Crippen molar-refractivity contribution < 1.29 is 8.78 Å². The van der Waals surface area contributed by atoms with Gasteiger partial charge in [-0.05, 0) is 47.4 Å². The van der Waals surface area contributed by atoms with Gasteiger partial charge in [-0.2, -0.15) is 0 Å². The molecule has 0 saturated carbocycles. The molecule has 0 amide bonds. The van der Waals surface area contributed by atoms with E-state index in [2.05, 4.69) is 0 Å². The Morgan fingerprint density at radius 2 is 1.33 bits per heavy atom. The molecule has 2 aliphatic carbocycles. The number of aryl methyl sites for hydroxylation is 1. The lowest BCUT2D eigenvalue weighted by atomic mass is 9.96. The van der Waals surface area contributed by atoms with Gasteiger partial charge in [0.15, 0.2) is 0 Å². The average Bonchev–Trinajstić information content (AvgIpc) is 3.17. The fraction of sp³-hybridized carbons (Fsp3) is 0.0476. The molecule has 0 fully saturated rings. The van der Waals surface area contributed by atoms with Gasteiger partial charge in [0, 0.05) is 37.2 Å². The predicted octanol–water partition coefficient (Wildman–Crippen LogP) is 6.78. The fourth-order valence-electron chi connectivity index (χ4n) is 4.32. The van der Waals surface area contributed by atoms with E-state index in [1.54, 1.807) is 23.5 Å². The Balaban J connectivity index is 1.92. The molecule has 3 aromatic carbocycles. The first-order valence-electron chi connectivity index (χ1n) is 7.85. The molecule has 0 N–H and O–H groups in total. The topological polar surface area (TPSA) is 0 Å². The summed E-state index contributed by atoms with van der Waals surface area (Å²) in [6, 6.07) is 12.9. The van der Waals surface area contributed by atoms with Crippen molar-refractivity contribution in [3.05, 3.63) is 59.0 Å². The number of thiophene rings is 1. The Bertz CT molecular complexity index is 1230. The number of hydrogen-bond acceptors (Lipinski definition) is 1. The lowest BCUT2D eigenvalue weighted by Gasteiger charge is -2.08. The normalized spacial score (nSPS) is 12.8. The summed E-state index contributed by atoms with van der Waals surface area (Å²) in [6.07, 6.45) is 0. The maximum Gasteiger partial charge on any atom is 0.133 e. The van der Waals surface area contributed by atoms with Gasteiger partial charge >= 0.3 is 0 Å². The van der Waals surface area contributed by atoms with E-state index in [4.69, 9.17) is 0 Å². The third-order valence-electron chi connectivity index (χ3n) is 5.17. The molecule has 24 heavy (non-hydrogen) atoms. The van der Waals surface area contributed by atoms with Gasteiger partial charge < -0.3 is 0 Å². The van der Waals surface area contributed by atoms with E-state index in [9.17, 15) is 0 Å². The van der Waals surface area contributed by atoms with Crippen molar-refractivity contribution in [1.82, 2.24) is 0 Å². The fourth-order valence-corrected chi connectivity index (χ4v) is 5.39. The van der Waals surface area contributed by atoms with E-state index in [0.29, 0.717) is 11.1 Å². The van der Waals surface area contributed by atoms with Gasteiger partial charge in [-0.25, -0.2) is 8.78 Å². The summed E-state index contributed by atoms with van der Waals surface area (Å²) >= 11 is 1.58. The Hall–Kier alpha value is -2.52. The van der Waals surface area contributed by atoms with E-state index < -0.39 is 0 Å². The van der Waals surface area contributed by atoms with Crippen LogP contribution in [0.5, 0.6) is 0 Å². The number of benzene rings is 3. The predicted molar refractivity (Wildman–Crippen MR) is 95.3 cm³/mol. The Labute approximate surface area is 141 Å². The SMILES string of the molecule is Cc1cc2c(s1)-c1c(F)cc3c4c(c(F)cc-2c14)-c1ccccc1-3. The molecule has 0 radical (unpaired) electrons. The van der Waals surface area contributed by atoms with Crippen LogP contribution >= 0.6 is 11.3 Å². The van der Waals surface area contributed by atoms with Crippen LogP contribution in [-0.2, 0) is 0 Å². The monoisotopic (exact) mass is 332 g/mol. The zero-order chi connectivity index (χ0) is 16.2. The number of hydrogen-bond donors (Lipinski definition) is 0. The van der Waals surface area contributed by atoms with Gasteiger partial charge in [-0.15, -0.1) is 11.3 Å². The molecule has 0 bridgehead atoms. The Morgan fingerprint density at radius 3 is 2.12 bits per heavy atom. The molecule has 0 nitrogen and oxygen atoms in total. The summed E-state index contributed by atoms with van der Waals surface area (Å²) in [6.45, 7) is 2.00. The van der Waals surface area contributed by atoms with E-state index in [0.717, 1.165) is 48.3 Å². The molecule has 4 aromatic rings. The number of rotatable bonds is 0. The minimum atomic E-state index is -0.224. The summed E-state index contributed by atoms with van der Waals surface area (Å²) < 4.78 is 30.0. The van der Waals surface area contributed by atoms with E-state index in [1.165, 1.54) is 0 Å². The molecule has 1 aromatic heterocycles. The summed E-state index contributed by atoms with van der Waals surface area (Å²) in [5.41, 5.74) is 5.64. The summed E-state index contributed by atoms with van der Waals surface area (Å²) in [5.74, 6) is -0.438. The van der Waals surface area contributed by atoms with E-state index in [1.807, 2.05) is 37.3 Å². The second kappa shape index (κ2) is 3.93. The van der Waals surface area contributed by atoms with Crippen LogP contribution in [-0.4, -0.2) is 0 Å². The van der Waals surface area contributed by atoms with Crippen molar-refractivity contribution in [3.8, 4) is 43.8 Å². The van der Waals surface area contributed by atoms with Crippen LogP contribution in [0.3, 0.4) is 0 Å². The van der Waals surface area contributed by atoms with Crippen LogP contribution < -0.4 is 0 Å². The lowest BCUT2D eigenvalue weighted by molar-refractivity contribution is 0.632. The highest BCUT2D eigenvalue weighted by Crippen LogP contribution is 2.59. The van der Waals surface area contributed by atoms with Gasteiger partial charge in [0.2, 0.25) is 0 Å². The van der Waals surface area contributed by atoms with Gasteiger partial charge in [-0.1, -0.05) is 24.3 Å². The molecule has 1 heterocycles. The summed E-state index contributed by atoms with van der Waals surface area (Å²) in [5, 5.41) is 1.74. The zero-order valence-corrected chi connectivity index (χ0v) is 13.5. The highest BCUT2D eigenvalue weighted by atomic mass is 32.1. The van der Waals surface area contributed by atoms with Crippen molar-refractivity contribution >= 4 is 22.1 Å². The molecule has 0 aliphatic heterocycles. The zero-order valence-electron chi connectivity index (χ0n) is 12.7. The molecule has 3 heteroatoms. The second-order valence-electron chi connectivity index (χ2n) is 6.46. The number of fused-ring (bicyclic) bond motifs is 6. The molecule has 6 rings (SSSR count). The highest BCUT2D eigenvalue weighted by Gasteiger charge is 2.34. The molecule has 114 valence electrons.